The van der Waals surface area contributed by atoms with Crippen molar-refractivity contribution in [3.63, 3.8) is 0 Å². The molecule has 0 unspecified atom stereocenters. The number of hydrogen-bond acceptors (Lipinski definition) is 3. The van der Waals surface area contributed by atoms with E-state index in [1.165, 1.54) is 6.07 Å². The van der Waals surface area contributed by atoms with E-state index >= 15 is 0 Å². The Bertz CT molecular complexity index is 610. The van der Waals surface area contributed by atoms with E-state index in [-0.39, 0.29) is 11.6 Å². The monoisotopic (exact) mass is 287 g/mol. The first-order valence-corrected chi connectivity index (χ1v) is 7.39. The summed E-state index contributed by atoms with van der Waals surface area (Å²) in [6.07, 6.45) is 5.01. The molecule has 5 heteroatoms. The van der Waals surface area contributed by atoms with Crippen LogP contribution in [0.2, 0.25) is 0 Å². The van der Waals surface area contributed by atoms with Crippen LogP contribution in [0.25, 0.3) is 0 Å². The fraction of sp³-hybridized carbons (Fsp3) is 0.500. The van der Waals surface area contributed by atoms with Crippen LogP contribution in [-0.4, -0.2) is 18.0 Å². The van der Waals surface area contributed by atoms with Crippen molar-refractivity contribution in [3.8, 4) is 6.07 Å². The molecule has 2 fully saturated rings. The average Bonchev–Trinajstić information content (AvgIpc) is 2.86. The van der Waals surface area contributed by atoms with Crippen LogP contribution in [0.5, 0.6) is 0 Å². The third kappa shape index (κ3) is 2.25. The summed E-state index contributed by atoms with van der Waals surface area (Å²) in [6, 6.07) is 6.25. The Morgan fingerprint density at radius 2 is 2.14 bits per heavy atom. The van der Waals surface area contributed by atoms with E-state index in [1.807, 2.05) is 11.0 Å². The molecule has 3 rings (SSSR count). The minimum atomic E-state index is -0.544. The highest BCUT2D eigenvalue weighted by molar-refractivity contribution is 5.85. The van der Waals surface area contributed by atoms with E-state index in [1.54, 1.807) is 12.1 Å². The number of amides is 1. The van der Waals surface area contributed by atoms with Gasteiger partial charge in [0.1, 0.15) is 23.5 Å². The second-order valence-electron chi connectivity index (χ2n) is 5.92. The summed E-state index contributed by atoms with van der Waals surface area (Å²) in [5.74, 6) is -0.527. The van der Waals surface area contributed by atoms with Gasteiger partial charge >= 0.3 is 0 Å². The van der Waals surface area contributed by atoms with Gasteiger partial charge in [-0.05, 0) is 37.3 Å². The highest BCUT2D eigenvalue weighted by Gasteiger charge is 2.45. The fourth-order valence-corrected chi connectivity index (χ4v) is 3.90. The zero-order chi connectivity index (χ0) is 15.0. The number of carbonyl (C=O) groups is 1. The molecule has 1 saturated carbocycles. The molecule has 1 aliphatic carbocycles. The average molecular weight is 287 g/mol. The molecule has 0 radical (unpaired) electrons. The van der Waals surface area contributed by atoms with E-state index in [0.29, 0.717) is 18.0 Å². The molecule has 1 aromatic carbocycles. The molecule has 1 amide bonds. The molecular weight excluding hydrogens is 269 g/mol. The summed E-state index contributed by atoms with van der Waals surface area (Å²) in [5.41, 5.74) is 6.07. The lowest BCUT2D eigenvalue weighted by atomic mass is 9.84. The van der Waals surface area contributed by atoms with Gasteiger partial charge in [-0.2, -0.15) is 5.26 Å². The normalized spacial score (nSPS) is 28.0. The highest BCUT2D eigenvalue weighted by atomic mass is 19.1. The second kappa shape index (κ2) is 5.36. The third-order valence-corrected chi connectivity index (χ3v) is 4.80. The minimum absolute atomic E-state index is 0.00923. The lowest BCUT2D eigenvalue weighted by Crippen LogP contribution is -2.45. The van der Waals surface area contributed by atoms with E-state index < -0.39 is 17.8 Å². The lowest BCUT2D eigenvalue weighted by Gasteiger charge is -2.35. The van der Waals surface area contributed by atoms with Crippen LogP contribution in [0, 0.1) is 23.1 Å². The zero-order valence-corrected chi connectivity index (χ0v) is 11.8. The van der Waals surface area contributed by atoms with E-state index in [0.717, 1.165) is 25.7 Å². The lowest BCUT2D eigenvalue weighted by molar-refractivity contribution is -0.119. The molecule has 0 spiro atoms. The maximum atomic E-state index is 13.9. The topological polar surface area (TPSA) is 70.1 Å². The number of rotatable bonds is 2. The largest absolute Gasteiger partial charge is 0.368 e. The van der Waals surface area contributed by atoms with E-state index in [2.05, 4.69) is 0 Å². The number of nitriles is 1. The molecular formula is C16H18FN3O. The van der Waals surface area contributed by atoms with Crippen molar-refractivity contribution in [2.24, 2.45) is 11.7 Å². The molecule has 2 N–H and O–H groups in total. The molecule has 1 heterocycles. The molecule has 1 aromatic rings. The van der Waals surface area contributed by atoms with Gasteiger partial charge in [-0.15, -0.1) is 0 Å². The molecule has 21 heavy (non-hydrogen) atoms. The first-order valence-electron chi connectivity index (χ1n) is 7.39. The molecule has 1 saturated heterocycles. The first-order chi connectivity index (χ1) is 10.1. The Hall–Kier alpha value is -2.09. The van der Waals surface area contributed by atoms with Crippen LogP contribution in [0.1, 0.15) is 37.7 Å². The van der Waals surface area contributed by atoms with Gasteiger partial charge in [-0.25, -0.2) is 4.39 Å². The first kappa shape index (κ1) is 13.9. The van der Waals surface area contributed by atoms with Crippen molar-refractivity contribution in [2.45, 2.75) is 44.2 Å². The van der Waals surface area contributed by atoms with Gasteiger partial charge in [-0.1, -0.05) is 18.9 Å². The summed E-state index contributed by atoms with van der Waals surface area (Å²) in [4.78, 5) is 13.7. The summed E-state index contributed by atoms with van der Waals surface area (Å²) in [6.45, 7) is 0. The Labute approximate surface area is 123 Å². The molecule has 2 aliphatic rings. The maximum Gasteiger partial charge on any atom is 0.240 e. The summed E-state index contributed by atoms with van der Waals surface area (Å²) in [5, 5.41) is 9.25. The number of benzene rings is 1. The van der Waals surface area contributed by atoms with Crippen LogP contribution in [0.3, 0.4) is 0 Å². The predicted molar refractivity (Wildman–Crippen MR) is 76.9 cm³/mol. The zero-order valence-electron chi connectivity index (χ0n) is 11.8. The van der Waals surface area contributed by atoms with Crippen molar-refractivity contribution >= 4 is 11.6 Å². The quantitative estimate of drug-likeness (QED) is 0.907. The van der Waals surface area contributed by atoms with Crippen LogP contribution >= 0.6 is 0 Å². The van der Waals surface area contributed by atoms with Crippen molar-refractivity contribution in [1.29, 1.82) is 5.26 Å². The van der Waals surface area contributed by atoms with E-state index in [4.69, 9.17) is 5.73 Å². The molecule has 0 bridgehead atoms. The number of anilines is 1. The SMILES string of the molecule is N#Cc1c(F)cccc1N1[C@@H]2CCCC[C@@H]2C[C@H]1C(N)=O. The number of halogens is 1. The number of fused-ring (bicyclic) bond motifs is 1. The van der Waals surface area contributed by atoms with Gasteiger partial charge in [0.25, 0.3) is 0 Å². The van der Waals surface area contributed by atoms with Gasteiger partial charge in [0, 0.05) is 6.04 Å². The van der Waals surface area contributed by atoms with Gasteiger partial charge in [0.2, 0.25) is 5.91 Å². The van der Waals surface area contributed by atoms with Crippen LogP contribution in [0.4, 0.5) is 10.1 Å². The molecule has 4 nitrogen and oxygen atoms in total. The van der Waals surface area contributed by atoms with Crippen molar-refractivity contribution in [1.82, 2.24) is 0 Å². The van der Waals surface area contributed by atoms with Crippen LogP contribution in [-0.2, 0) is 4.79 Å². The number of nitrogens with zero attached hydrogens (tertiary/aromatic N) is 2. The Morgan fingerprint density at radius 3 is 2.86 bits per heavy atom. The van der Waals surface area contributed by atoms with Gasteiger partial charge < -0.3 is 10.6 Å². The number of carbonyl (C=O) groups excluding carboxylic acids is 1. The summed E-state index contributed by atoms with van der Waals surface area (Å²) in [7, 11) is 0. The number of hydrogen-bond donors (Lipinski definition) is 1. The second-order valence-corrected chi connectivity index (χ2v) is 5.92. The van der Waals surface area contributed by atoms with Gasteiger partial charge in [0.05, 0.1) is 5.69 Å². The number of nitrogens with two attached hydrogens (primary N) is 1. The van der Waals surface area contributed by atoms with Crippen molar-refractivity contribution in [3.05, 3.63) is 29.6 Å². The molecule has 1 aliphatic heterocycles. The maximum absolute atomic E-state index is 13.9. The smallest absolute Gasteiger partial charge is 0.240 e. The highest BCUT2D eigenvalue weighted by Crippen LogP contribution is 2.43. The summed E-state index contributed by atoms with van der Waals surface area (Å²) < 4.78 is 13.9. The minimum Gasteiger partial charge on any atom is -0.368 e. The number of primary amides is 1. The Balaban J connectivity index is 2.07. The van der Waals surface area contributed by atoms with Crippen molar-refractivity contribution < 1.29 is 9.18 Å². The van der Waals surface area contributed by atoms with Crippen molar-refractivity contribution in [2.75, 3.05) is 4.90 Å². The molecule has 3 atom stereocenters. The molecule has 110 valence electrons. The van der Waals surface area contributed by atoms with Crippen LogP contribution in [0.15, 0.2) is 18.2 Å². The fourth-order valence-electron chi connectivity index (χ4n) is 3.90. The Morgan fingerprint density at radius 1 is 1.38 bits per heavy atom. The Kier molecular flexibility index (Phi) is 3.54. The van der Waals surface area contributed by atoms with E-state index in [9.17, 15) is 14.4 Å². The third-order valence-electron chi connectivity index (χ3n) is 4.80. The van der Waals surface area contributed by atoms with Gasteiger partial charge in [-0.3, -0.25) is 4.79 Å². The standard InChI is InChI=1S/C16H18FN3O/c17-12-5-3-7-14(11(12)9-18)20-13-6-2-1-4-10(13)8-15(20)16(19)21/h3,5,7,10,13,15H,1-2,4,6,8H2,(H2,19,21)/t10-,13-,15+/m1/s1. The predicted octanol–water partition coefficient (Wildman–Crippen LogP) is 2.32. The van der Waals surface area contributed by atoms with Gasteiger partial charge in [0.15, 0.2) is 0 Å². The molecule has 0 aromatic heterocycles. The summed E-state index contributed by atoms with van der Waals surface area (Å²) >= 11 is 0. The van der Waals surface area contributed by atoms with Crippen LogP contribution < -0.4 is 10.6 Å².